The molecule has 0 saturated heterocycles. The number of thiazole rings is 2. The van der Waals surface area contributed by atoms with E-state index < -0.39 is 0 Å². The van der Waals surface area contributed by atoms with Crippen LogP contribution in [0.4, 0.5) is 21.6 Å². The van der Waals surface area contributed by atoms with Crippen LogP contribution in [0.2, 0.25) is 0 Å². The molecule has 0 spiro atoms. The number of hydrogen-bond acceptors (Lipinski definition) is 7. The second-order valence-electron chi connectivity index (χ2n) is 9.44. The molecule has 0 aliphatic rings. The van der Waals surface area contributed by atoms with E-state index in [2.05, 4.69) is 24.5 Å². The summed E-state index contributed by atoms with van der Waals surface area (Å²) in [5.41, 5.74) is 7.30. The highest BCUT2D eigenvalue weighted by molar-refractivity contribution is 7.21. The monoisotopic (exact) mass is 558 g/mol. The van der Waals surface area contributed by atoms with Crippen molar-refractivity contribution in [1.82, 2.24) is 9.97 Å². The number of nitrogens with one attached hydrogen (secondary N) is 2. The molecule has 7 heteroatoms. The molecule has 0 amide bonds. The third-order valence-electron chi connectivity index (χ3n) is 6.37. The van der Waals surface area contributed by atoms with Crippen LogP contribution in [-0.4, -0.2) is 15.8 Å². The zero-order valence-electron chi connectivity index (χ0n) is 22.0. The Labute approximate surface area is 241 Å². The lowest BCUT2D eigenvalue weighted by Gasteiger charge is -2.03. The Hall–Kier alpha value is -4.59. The van der Waals surface area contributed by atoms with Crippen LogP contribution in [0.25, 0.3) is 22.5 Å². The second-order valence-corrected chi connectivity index (χ2v) is 11.4. The van der Waals surface area contributed by atoms with Crippen molar-refractivity contribution >= 4 is 50.1 Å². The number of nitrogens with zero attached hydrogens (tertiary/aromatic N) is 2. The molecule has 2 N–H and O–H groups in total. The predicted molar refractivity (Wildman–Crippen MR) is 167 cm³/mol. The molecule has 40 heavy (non-hydrogen) atoms. The Morgan fingerprint density at radius 3 is 1.30 bits per heavy atom. The minimum absolute atomic E-state index is 0.0957. The molecule has 6 rings (SSSR count). The Morgan fingerprint density at radius 2 is 0.925 bits per heavy atom. The lowest BCUT2D eigenvalue weighted by atomic mass is 10.1. The number of carbonyl (C=O) groups excluding carboxylic acids is 1. The highest BCUT2D eigenvalue weighted by Gasteiger charge is 2.27. The van der Waals surface area contributed by atoms with Crippen LogP contribution in [-0.2, 0) is 0 Å². The molecule has 2 heterocycles. The van der Waals surface area contributed by atoms with Gasteiger partial charge in [-0.1, -0.05) is 119 Å². The number of benzene rings is 4. The molecule has 0 aliphatic heterocycles. The summed E-state index contributed by atoms with van der Waals surface area (Å²) >= 11 is 2.72. The zero-order chi connectivity index (χ0) is 27.5. The van der Waals surface area contributed by atoms with Crippen molar-refractivity contribution in [2.45, 2.75) is 13.8 Å². The van der Waals surface area contributed by atoms with E-state index >= 15 is 0 Å². The SMILES string of the molecule is Cc1ccc(Nc2nc(-c3ccccc3)c(C(=O)c3sc(Nc4ccc(C)cc4)nc3-c3ccccc3)s2)cc1. The Balaban J connectivity index is 1.43. The summed E-state index contributed by atoms with van der Waals surface area (Å²) < 4.78 is 0. The minimum atomic E-state index is -0.0957. The van der Waals surface area contributed by atoms with Crippen molar-refractivity contribution in [2.75, 3.05) is 10.6 Å². The third kappa shape index (κ3) is 5.57. The van der Waals surface area contributed by atoms with Crippen LogP contribution in [0.5, 0.6) is 0 Å². The molecule has 0 unspecified atom stereocenters. The fraction of sp³-hybridized carbons (Fsp3) is 0.0606. The van der Waals surface area contributed by atoms with E-state index in [4.69, 9.17) is 9.97 Å². The molecule has 5 nitrogen and oxygen atoms in total. The average molecular weight is 559 g/mol. The standard InChI is InChI=1S/C33H26N4OS2/c1-21-13-17-25(18-14-21)34-32-36-27(23-9-5-3-6-10-23)30(39-32)29(38)31-28(24-11-7-4-8-12-24)37-33(40-31)35-26-19-15-22(2)16-20-26/h3-20H,1-2H3,(H,34,36)(H,35,37). The largest absolute Gasteiger partial charge is 0.332 e. The third-order valence-corrected chi connectivity index (χ3v) is 8.31. The molecular weight excluding hydrogens is 533 g/mol. The molecular formula is C33H26N4OS2. The van der Waals surface area contributed by atoms with Gasteiger partial charge in [0, 0.05) is 22.5 Å². The van der Waals surface area contributed by atoms with Gasteiger partial charge < -0.3 is 10.6 Å². The normalized spacial score (nSPS) is 10.8. The van der Waals surface area contributed by atoms with Crippen LogP contribution in [0.3, 0.4) is 0 Å². The molecule has 2 aromatic heterocycles. The smallest absolute Gasteiger partial charge is 0.217 e. The molecule has 4 aromatic carbocycles. The van der Waals surface area contributed by atoms with Gasteiger partial charge in [0.1, 0.15) is 9.75 Å². The summed E-state index contributed by atoms with van der Waals surface area (Å²) in [5, 5.41) is 8.10. The summed E-state index contributed by atoms with van der Waals surface area (Å²) in [6.45, 7) is 4.11. The summed E-state index contributed by atoms with van der Waals surface area (Å²) in [6.07, 6.45) is 0. The van der Waals surface area contributed by atoms with Gasteiger partial charge in [-0.15, -0.1) is 0 Å². The lowest BCUT2D eigenvalue weighted by molar-refractivity contribution is 0.104. The van der Waals surface area contributed by atoms with Crippen molar-refractivity contribution in [1.29, 1.82) is 0 Å². The van der Waals surface area contributed by atoms with E-state index in [1.54, 1.807) is 0 Å². The average Bonchev–Trinajstić information content (AvgIpc) is 3.61. The van der Waals surface area contributed by atoms with Crippen LogP contribution in [0.1, 0.15) is 25.7 Å². The second kappa shape index (κ2) is 11.3. The van der Waals surface area contributed by atoms with Crippen molar-refractivity contribution in [2.24, 2.45) is 0 Å². The summed E-state index contributed by atoms with van der Waals surface area (Å²) in [6, 6.07) is 35.9. The highest BCUT2D eigenvalue weighted by Crippen LogP contribution is 2.39. The van der Waals surface area contributed by atoms with Gasteiger partial charge in [0.25, 0.3) is 0 Å². The lowest BCUT2D eigenvalue weighted by Crippen LogP contribution is -2.00. The van der Waals surface area contributed by atoms with E-state index in [9.17, 15) is 4.79 Å². The van der Waals surface area contributed by atoms with E-state index in [-0.39, 0.29) is 5.78 Å². The van der Waals surface area contributed by atoms with Crippen molar-refractivity contribution in [3.8, 4) is 22.5 Å². The van der Waals surface area contributed by atoms with Gasteiger partial charge >= 0.3 is 0 Å². The maximum atomic E-state index is 14.3. The van der Waals surface area contributed by atoms with E-state index in [0.717, 1.165) is 22.5 Å². The zero-order valence-corrected chi connectivity index (χ0v) is 23.6. The fourth-order valence-corrected chi connectivity index (χ4v) is 6.23. The maximum Gasteiger partial charge on any atom is 0.217 e. The molecule has 0 fully saturated rings. The Bertz CT molecular complexity index is 1630. The first-order chi connectivity index (χ1) is 19.5. The first kappa shape index (κ1) is 25.7. The molecule has 0 bridgehead atoms. The number of hydrogen-bond donors (Lipinski definition) is 2. The van der Waals surface area contributed by atoms with Crippen LogP contribution < -0.4 is 10.6 Å². The van der Waals surface area contributed by atoms with Crippen molar-refractivity contribution in [3.63, 3.8) is 0 Å². The topological polar surface area (TPSA) is 66.9 Å². The van der Waals surface area contributed by atoms with Crippen molar-refractivity contribution < 1.29 is 4.79 Å². The Kier molecular flexibility index (Phi) is 7.23. The van der Waals surface area contributed by atoms with Crippen LogP contribution in [0, 0.1) is 13.8 Å². The molecule has 0 atom stereocenters. The number of ketones is 1. The maximum absolute atomic E-state index is 14.3. The summed E-state index contributed by atoms with van der Waals surface area (Å²) in [7, 11) is 0. The molecule has 0 aliphatic carbocycles. The molecule has 0 saturated carbocycles. The number of aromatic nitrogens is 2. The van der Waals surface area contributed by atoms with E-state index in [1.165, 1.54) is 33.8 Å². The van der Waals surface area contributed by atoms with Gasteiger partial charge in [0.2, 0.25) is 5.78 Å². The van der Waals surface area contributed by atoms with Crippen LogP contribution >= 0.6 is 22.7 Å². The van der Waals surface area contributed by atoms with Gasteiger partial charge in [-0.3, -0.25) is 4.79 Å². The highest BCUT2D eigenvalue weighted by atomic mass is 32.1. The number of aryl methyl sites for hydroxylation is 2. The molecule has 196 valence electrons. The fourth-order valence-electron chi connectivity index (χ4n) is 4.26. The first-order valence-electron chi connectivity index (χ1n) is 12.9. The first-order valence-corrected chi connectivity index (χ1v) is 14.5. The number of anilines is 4. The number of rotatable bonds is 8. The van der Waals surface area contributed by atoms with E-state index in [1.807, 2.05) is 109 Å². The van der Waals surface area contributed by atoms with Gasteiger partial charge in [-0.05, 0) is 38.1 Å². The summed E-state index contributed by atoms with van der Waals surface area (Å²) in [4.78, 5) is 25.3. The quantitative estimate of drug-likeness (QED) is 0.182. The van der Waals surface area contributed by atoms with Gasteiger partial charge in [-0.25, -0.2) is 9.97 Å². The van der Waals surface area contributed by atoms with Gasteiger partial charge in [0.15, 0.2) is 10.3 Å². The van der Waals surface area contributed by atoms with Crippen LogP contribution in [0.15, 0.2) is 109 Å². The summed E-state index contributed by atoms with van der Waals surface area (Å²) in [5.74, 6) is -0.0957. The van der Waals surface area contributed by atoms with Gasteiger partial charge in [-0.2, -0.15) is 0 Å². The van der Waals surface area contributed by atoms with Crippen molar-refractivity contribution in [3.05, 3.63) is 130 Å². The molecule has 6 aromatic rings. The number of carbonyl (C=O) groups is 1. The minimum Gasteiger partial charge on any atom is -0.332 e. The predicted octanol–water partition coefficient (Wildman–Crippen LogP) is 9.27. The molecule has 0 radical (unpaired) electrons. The van der Waals surface area contributed by atoms with E-state index in [0.29, 0.717) is 31.4 Å². The Morgan fingerprint density at radius 1 is 0.550 bits per heavy atom. The van der Waals surface area contributed by atoms with Gasteiger partial charge in [0.05, 0.1) is 11.4 Å².